The zero-order valence-electron chi connectivity index (χ0n) is 15.2. The summed E-state index contributed by atoms with van der Waals surface area (Å²) in [6.07, 6.45) is 4.95. The molecule has 136 valence electrons. The molecular formula is C23H22N2O2. The molecule has 1 aliphatic rings. The molecule has 0 bridgehead atoms. The predicted octanol–water partition coefficient (Wildman–Crippen LogP) is 4.87. The minimum absolute atomic E-state index is 0.0871. The van der Waals surface area contributed by atoms with Gasteiger partial charge in [-0.1, -0.05) is 48.5 Å². The van der Waals surface area contributed by atoms with E-state index >= 15 is 0 Å². The topological polar surface area (TPSA) is 51.2 Å². The third-order valence-electron chi connectivity index (χ3n) is 4.82. The number of aryl methyl sites for hydroxylation is 1. The maximum atomic E-state index is 13.0. The first kappa shape index (κ1) is 17.3. The second kappa shape index (κ2) is 8.04. The van der Waals surface area contributed by atoms with Crippen LogP contribution in [-0.4, -0.2) is 17.5 Å². The average molecular weight is 358 g/mol. The molecule has 1 aromatic heterocycles. The highest BCUT2D eigenvalue weighted by atomic mass is 16.5. The first-order valence-corrected chi connectivity index (χ1v) is 9.35. The van der Waals surface area contributed by atoms with Crippen molar-refractivity contribution in [3.8, 4) is 0 Å². The highest BCUT2D eigenvalue weighted by Crippen LogP contribution is 2.26. The maximum Gasteiger partial charge on any atom is 0.255 e. The van der Waals surface area contributed by atoms with Crippen molar-refractivity contribution in [2.75, 3.05) is 11.9 Å². The molecule has 1 aliphatic heterocycles. The Bertz CT molecular complexity index is 975. The number of rotatable bonds is 5. The number of fused-ring (bicyclic) bond motifs is 1. The first-order chi connectivity index (χ1) is 13.3. The molecule has 0 spiro atoms. The van der Waals surface area contributed by atoms with Crippen LogP contribution < -0.4 is 5.32 Å². The molecule has 0 radical (unpaired) electrons. The van der Waals surface area contributed by atoms with Crippen molar-refractivity contribution in [3.05, 3.63) is 83.8 Å². The Morgan fingerprint density at radius 2 is 1.85 bits per heavy atom. The van der Waals surface area contributed by atoms with Crippen LogP contribution in [0.5, 0.6) is 0 Å². The molecule has 4 nitrogen and oxygen atoms in total. The van der Waals surface area contributed by atoms with Gasteiger partial charge in [0.1, 0.15) is 5.76 Å². The van der Waals surface area contributed by atoms with Gasteiger partial charge in [-0.05, 0) is 37.0 Å². The Balaban J connectivity index is 1.55. The number of anilines is 1. The van der Waals surface area contributed by atoms with Gasteiger partial charge in [-0.2, -0.15) is 0 Å². The number of benzene rings is 2. The second-order valence-corrected chi connectivity index (χ2v) is 6.67. The van der Waals surface area contributed by atoms with Gasteiger partial charge in [-0.25, -0.2) is 0 Å². The van der Waals surface area contributed by atoms with Gasteiger partial charge in [0.2, 0.25) is 0 Å². The normalized spacial score (nSPS) is 14.1. The van der Waals surface area contributed by atoms with Crippen LogP contribution in [0.2, 0.25) is 0 Å². The molecule has 1 N–H and O–H groups in total. The number of carbonyl (C=O) groups excluding carboxylic acids is 1. The largest absolute Gasteiger partial charge is 0.497 e. The summed E-state index contributed by atoms with van der Waals surface area (Å²) in [6, 6.07) is 20.0. The molecule has 2 aromatic carbocycles. The number of ether oxygens (including phenoxy) is 1. The smallest absolute Gasteiger partial charge is 0.255 e. The number of hydrogen-bond donors (Lipinski definition) is 1. The van der Waals surface area contributed by atoms with E-state index in [4.69, 9.17) is 4.74 Å². The van der Waals surface area contributed by atoms with E-state index in [1.807, 2.05) is 48.5 Å². The van der Waals surface area contributed by atoms with Crippen LogP contribution in [0.3, 0.4) is 0 Å². The van der Waals surface area contributed by atoms with Gasteiger partial charge in [-0.3, -0.25) is 9.78 Å². The van der Waals surface area contributed by atoms with Crippen LogP contribution in [0.1, 0.15) is 24.8 Å². The van der Waals surface area contributed by atoms with Crippen LogP contribution in [0.15, 0.2) is 78.2 Å². The summed E-state index contributed by atoms with van der Waals surface area (Å²) in [7, 11) is 0. The predicted molar refractivity (Wildman–Crippen MR) is 107 cm³/mol. The summed E-state index contributed by atoms with van der Waals surface area (Å²) in [5.41, 5.74) is 3.54. The molecule has 0 fully saturated rings. The van der Waals surface area contributed by atoms with E-state index in [0.29, 0.717) is 6.61 Å². The monoisotopic (exact) mass is 358 g/mol. The average Bonchev–Trinajstić information content (AvgIpc) is 2.73. The summed E-state index contributed by atoms with van der Waals surface area (Å²) >= 11 is 0. The molecule has 3 aromatic rings. The summed E-state index contributed by atoms with van der Waals surface area (Å²) < 4.78 is 5.86. The van der Waals surface area contributed by atoms with Gasteiger partial charge >= 0.3 is 0 Å². The van der Waals surface area contributed by atoms with Gasteiger partial charge in [0.15, 0.2) is 0 Å². The highest BCUT2D eigenvalue weighted by molar-refractivity contribution is 6.08. The third kappa shape index (κ3) is 4.00. The van der Waals surface area contributed by atoms with Gasteiger partial charge in [-0.15, -0.1) is 0 Å². The summed E-state index contributed by atoms with van der Waals surface area (Å²) in [5.74, 6) is 0.728. The van der Waals surface area contributed by atoms with Crippen LogP contribution in [0.25, 0.3) is 10.9 Å². The molecule has 0 saturated carbocycles. The lowest BCUT2D eigenvalue weighted by atomic mass is 10.0. The van der Waals surface area contributed by atoms with Crippen molar-refractivity contribution in [3.63, 3.8) is 0 Å². The SMILES string of the molecule is O=C(Nc1cccc2cccnc12)C1=C(CCc2ccccc2)OCCC1. The minimum atomic E-state index is -0.0871. The Labute approximate surface area is 158 Å². The van der Waals surface area contributed by atoms with E-state index in [0.717, 1.165) is 53.6 Å². The highest BCUT2D eigenvalue weighted by Gasteiger charge is 2.21. The van der Waals surface area contributed by atoms with Gasteiger partial charge in [0.05, 0.1) is 23.4 Å². The van der Waals surface area contributed by atoms with Crippen molar-refractivity contribution in [1.29, 1.82) is 0 Å². The summed E-state index contributed by atoms with van der Waals surface area (Å²) in [6.45, 7) is 0.677. The van der Waals surface area contributed by atoms with Crippen molar-refractivity contribution in [2.24, 2.45) is 0 Å². The first-order valence-electron chi connectivity index (χ1n) is 9.35. The zero-order chi connectivity index (χ0) is 18.5. The van der Waals surface area contributed by atoms with Gasteiger partial charge in [0.25, 0.3) is 5.91 Å². The van der Waals surface area contributed by atoms with E-state index < -0.39 is 0 Å². The fourth-order valence-electron chi connectivity index (χ4n) is 3.44. The maximum absolute atomic E-state index is 13.0. The molecule has 1 amide bonds. The fourth-order valence-corrected chi connectivity index (χ4v) is 3.44. The Morgan fingerprint density at radius 1 is 1.00 bits per heavy atom. The number of carbonyl (C=O) groups is 1. The van der Waals surface area contributed by atoms with Crippen LogP contribution in [0, 0.1) is 0 Å². The molecule has 2 heterocycles. The molecule has 27 heavy (non-hydrogen) atoms. The summed E-state index contributed by atoms with van der Waals surface area (Å²) in [5, 5.41) is 4.05. The number of allylic oxidation sites excluding steroid dienone is 1. The van der Waals surface area contributed by atoms with E-state index in [-0.39, 0.29) is 5.91 Å². The molecule has 4 heteroatoms. The van der Waals surface area contributed by atoms with Crippen molar-refractivity contribution in [2.45, 2.75) is 25.7 Å². The molecular weight excluding hydrogens is 336 g/mol. The summed E-state index contributed by atoms with van der Waals surface area (Å²) in [4.78, 5) is 17.4. The zero-order valence-corrected chi connectivity index (χ0v) is 15.2. The lowest BCUT2D eigenvalue weighted by Crippen LogP contribution is -2.21. The number of para-hydroxylation sites is 1. The lowest BCUT2D eigenvalue weighted by Gasteiger charge is -2.21. The quantitative estimate of drug-likeness (QED) is 0.708. The van der Waals surface area contributed by atoms with E-state index in [1.54, 1.807) is 6.20 Å². The number of hydrogen-bond acceptors (Lipinski definition) is 3. The van der Waals surface area contributed by atoms with Gasteiger partial charge in [0, 0.05) is 18.0 Å². The third-order valence-corrected chi connectivity index (χ3v) is 4.82. The van der Waals surface area contributed by atoms with Crippen molar-refractivity contribution in [1.82, 2.24) is 4.98 Å². The Hall–Kier alpha value is -3.14. The van der Waals surface area contributed by atoms with Crippen molar-refractivity contribution >= 4 is 22.5 Å². The number of pyridine rings is 1. The number of nitrogens with one attached hydrogen (secondary N) is 1. The Morgan fingerprint density at radius 3 is 2.74 bits per heavy atom. The number of aromatic nitrogens is 1. The van der Waals surface area contributed by atoms with Gasteiger partial charge < -0.3 is 10.1 Å². The molecule has 0 unspecified atom stereocenters. The second-order valence-electron chi connectivity index (χ2n) is 6.67. The van der Waals surface area contributed by atoms with Crippen LogP contribution >= 0.6 is 0 Å². The minimum Gasteiger partial charge on any atom is -0.497 e. The number of nitrogens with zero attached hydrogens (tertiary/aromatic N) is 1. The fraction of sp³-hybridized carbons (Fsp3) is 0.217. The standard InChI is InChI=1S/C23H22N2O2/c26-23(25-20-12-4-9-18-10-5-15-24-22(18)20)19-11-6-16-27-21(19)14-13-17-7-2-1-3-8-17/h1-5,7-10,12,15H,6,11,13-14,16H2,(H,25,26). The molecule has 0 saturated heterocycles. The molecule has 4 rings (SSSR count). The molecule has 0 aliphatic carbocycles. The molecule has 0 atom stereocenters. The van der Waals surface area contributed by atoms with Crippen molar-refractivity contribution < 1.29 is 9.53 Å². The van der Waals surface area contributed by atoms with Crippen LogP contribution in [-0.2, 0) is 16.0 Å². The van der Waals surface area contributed by atoms with E-state index in [9.17, 15) is 4.79 Å². The Kier molecular flexibility index (Phi) is 5.15. The lowest BCUT2D eigenvalue weighted by molar-refractivity contribution is -0.113. The van der Waals surface area contributed by atoms with E-state index in [1.165, 1.54) is 5.56 Å². The van der Waals surface area contributed by atoms with Crippen LogP contribution in [0.4, 0.5) is 5.69 Å². The number of amides is 1. The van der Waals surface area contributed by atoms with E-state index in [2.05, 4.69) is 22.4 Å².